The fraction of sp³-hybridized carbons (Fsp3) is 0.538. The number of imidazole rings is 1. The normalized spacial score (nSPS) is 17.4. The van der Waals surface area contributed by atoms with Crippen LogP contribution in [-0.4, -0.2) is 27.2 Å². The van der Waals surface area contributed by atoms with Crippen molar-refractivity contribution in [2.45, 2.75) is 25.7 Å². The first-order valence-electron chi connectivity index (χ1n) is 6.30. The van der Waals surface area contributed by atoms with E-state index in [0.717, 1.165) is 37.6 Å². The zero-order chi connectivity index (χ0) is 12.7. The third kappa shape index (κ3) is 1.66. The highest BCUT2D eigenvalue weighted by Gasteiger charge is 2.21. The molecule has 96 valence electrons. The van der Waals surface area contributed by atoms with Crippen molar-refractivity contribution in [1.82, 2.24) is 14.0 Å². The molecule has 5 heteroatoms. The summed E-state index contributed by atoms with van der Waals surface area (Å²) in [6, 6.07) is 0. The molecule has 0 aromatic carbocycles. The lowest BCUT2D eigenvalue weighted by Crippen LogP contribution is -2.22. The van der Waals surface area contributed by atoms with Crippen LogP contribution in [0.15, 0.2) is 17.2 Å². The van der Waals surface area contributed by atoms with Crippen LogP contribution in [0.4, 0.5) is 0 Å². The molecule has 3 rings (SSSR count). The van der Waals surface area contributed by atoms with Gasteiger partial charge in [0.15, 0.2) is 0 Å². The molecule has 0 unspecified atom stereocenters. The van der Waals surface area contributed by atoms with Crippen molar-refractivity contribution in [3.05, 3.63) is 34.3 Å². The van der Waals surface area contributed by atoms with Crippen molar-refractivity contribution in [2.75, 3.05) is 13.2 Å². The van der Waals surface area contributed by atoms with E-state index in [9.17, 15) is 4.79 Å². The van der Waals surface area contributed by atoms with Crippen molar-refractivity contribution in [3.63, 3.8) is 0 Å². The molecule has 5 nitrogen and oxygen atoms in total. The fourth-order valence-electron chi connectivity index (χ4n) is 2.53. The predicted molar refractivity (Wildman–Crippen MR) is 68.0 cm³/mol. The monoisotopic (exact) mass is 247 g/mol. The molecule has 0 N–H and O–H groups in total. The molecule has 0 spiro atoms. The van der Waals surface area contributed by atoms with Crippen LogP contribution in [0.5, 0.6) is 0 Å². The van der Waals surface area contributed by atoms with E-state index in [1.54, 1.807) is 17.8 Å². The standard InChI is InChI=1S/C13H17N3O2/c1-9-8-16-11(13(17)15(9)2)7-14-12(16)10-3-5-18-6-4-10/h7-8,10H,3-6H2,1-2H3. The van der Waals surface area contributed by atoms with Gasteiger partial charge in [0.05, 0.1) is 6.20 Å². The van der Waals surface area contributed by atoms with Gasteiger partial charge >= 0.3 is 0 Å². The van der Waals surface area contributed by atoms with E-state index in [4.69, 9.17) is 4.74 Å². The topological polar surface area (TPSA) is 48.5 Å². The van der Waals surface area contributed by atoms with Gasteiger partial charge < -0.3 is 9.30 Å². The summed E-state index contributed by atoms with van der Waals surface area (Å²) in [7, 11) is 1.79. The second-order valence-corrected chi connectivity index (χ2v) is 4.89. The third-order valence-electron chi connectivity index (χ3n) is 3.78. The summed E-state index contributed by atoms with van der Waals surface area (Å²) < 4.78 is 8.98. The Kier molecular flexibility index (Phi) is 2.70. The summed E-state index contributed by atoms with van der Waals surface area (Å²) in [4.78, 5) is 16.6. The number of nitrogens with zero attached hydrogens (tertiary/aromatic N) is 3. The van der Waals surface area contributed by atoms with Crippen molar-refractivity contribution < 1.29 is 4.74 Å². The van der Waals surface area contributed by atoms with Crippen LogP contribution >= 0.6 is 0 Å². The summed E-state index contributed by atoms with van der Waals surface area (Å²) in [6.45, 7) is 3.50. The van der Waals surface area contributed by atoms with E-state index in [0.29, 0.717) is 11.4 Å². The van der Waals surface area contributed by atoms with Gasteiger partial charge in [-0.15, -0.1) is 0 Å². The summed E-state index contributed by atoms with van der Waals surface area (Å²) >= 11 is 0. The summed E-state index contributed by atoms with van der Waals surface area (Å²) in [5.41, 5.74) is 1.62. The fourth-order valence-corrected chi connectivity index (χ4v) is 2.53. The average Bonchev–Trinajstić information content (AvgIpc) is 2.81. The number of aryl methyl sites for hydroxylation is 1. The SMILES string of the molecule is Cc1cn2c(C3CCOCC3)ncc2c(=O)n1C. The van der Waals surface area contributed by atoms with Gasteiger partial charge in [-0.3, -0.25) is 9.20 Å². The lowest BCUT2D eigenvalue weighted by atomic mass is 10.00. The molecule has 0 bridgehead atoms. The molecule has 3 heterocycles. The van der Waals surface area contributed by atoms with Crippen molar-refractivity contribution >= 4 is 5.52 Å². The summed E-state index contributed by atoms with van der Waals surface area (Å²) in [5.74, 6) is 1.39. The van der Waals surface area contributed by atoms with Crippen molar-refractivity contribution in [3.8, 4) is 0 Å². The molecule has 0 amide bonds. The predicted octanol–water partition coefficient (Wildman–Crippen LogP) is 1.24. The van der Waals surface area contributed by atoms with Gasteiger partial charge in [0.1, 0.15) is 11.3 Å². The molecular formula is C13H17N3O2. The first-order chi connectivity index (χ1) is 8.68. The van der Waals surface area contributed by atoms with Gasteiger partial charge in [-0.2, -0.15) is 0 Å². The molecule has 1 fully saturated rings. The zero-order valence-corrected chi connectivity index (χ0v) is 10.7. The Bertz CT molecular complexity index is 635. The van der Waals surface area contributed by atoms with Crippen LogP contribution in [0, 0.1) is 6.92 Å². The number of fused-ring (bicyclic) bond motifs is 1. The third-order valence-corrected chi connectivity index (χ3v) is 3.78. The molecule has 0 saturated carbocycles. The van der Waals surface area contributed by atoms with Crippen molar-refractivity contribution in [1.29, 1.82) is 0 Å². The lowest BCUT2D eigenvalue weighted by Gasteiger charge is -2.21. The van der Waals surface area contributed by atoms with E-state index < -0.39 is 0 Å². The van der Waals surface area contributed by atoms with Crippen molar-refractivity contribution in [2.24, 2.45) is 7.05 Å². The average molecular weight is 247 g/mol. The maximum Gasteiger partial charge on any atom is 0.276 e. The number of ether oxygens (including phenoxy) is 1. The Morgan fingerprint density at radius 1 is 1.39 bits per heavy atom. The van der Waals surface area contributed by atoms with Gasteiger partial charge in [-0.25, -0.2) is 4.98 Å². The highest BCUT2D eigenvalue weighted by molar-refractivity contribution is 5.44. The number of hydrogen-bond acceptors (Lipinski definition) is 3. The smallest absolute Gasteiger partial charge is 0.276 e. The number of aromatic nitrogens is 3. The molecule has 1 aliphatic heterocycles. The number of rotatable bonds is 1. The molecule has 0 aliphatic carbocycles. The highest BCUT2D eigenvalue weighted by atomic mass is 16.5. The Labute approximate surface area is 105 Å². The second kappa shape index (κ2) is 4.24. The molecular weight excluding hydrogens is 230 g/mol. The van der Waals surface area contributed by atoms with Gasteiger partial charge in [0.25, 0.3) is 5.56 Å². The van der Waals surface area contributed by atoms with Crippen LogP contribution in [-0.2, 0) is 11.8 Å². The minimum Gasteiger partial charge on any atom is -0.381 e. The first kappa shape index (κ1) is 11.5. The van der Waals surface area contributed by atoms with E-state index in [2.05, 4.69) is 4.98 Å². The minimum absolute atomic E-state index is 0.0146. The molecule has 18 heavy (non-hydrogen) atoms. The molecule has 1 aliphatic rings. The van der Waals surface area contributed by atoms with Gasteiger partial charge in [0, 0.05) is 38.1 Å². The van der Waals surface area contributed by atoms with E-state index >= 15 is 0 Å². The van der Waals surface area contributed by atoms with Crippen LogP contribution in [0.3, 0.4) is 0 Å². The maximum atomic E-state index is 12.1. The van der Waals surface area contributed by atoms with Gasteiger partial charge in [-0.1, -0.05) is 0 Å². The number of hydrogen-bond donors (Lipinski definition) is 0. The molecule has 2 aromatic heterocycles. The molecule has 1 saturated heterocycles. The van der Waals surface area contributed by atoms with Gasteiger partial charge in [0.2, 0.25) is 0 Å². The van der Waals surface area contributed by atoms with Crippen LogP contribution in [0.2, 0.25) is 0 Å². The second-order valence-electron chi connectivity index (χ2n) is 4.89. The van der Waals surface area contributed by atoms with Gasteiger partial charge in [-0.05, 0) is 19.8 Å². The lowest BCUT2D eigenvalue weighted by molar-refractivity contribution is 0.0835. The highest BCUT2D eigenvalue weighted by Crippen LogP contribution is 2.25. The van der Waals surface area contributed by atoms with E-state index in [-0.39, 0.29) is 5.56 Å². The first-order valence-corrected chi connectivity index (χ1v) is 6.30. The Morgan fingerprint density at radius 2 is 2.11 bits per heavy atom. The van der Waals surface area contributed by atoms with E-state index in [1.807, 2.05) is 17.5 Å². The largest absolute Gasteiger partial charge is 0.381 e. The van der Waals surface area contributed by atoms with Crippen LogP contribution in [0.1, 0.15) is 30.3 Å². The maximum absolute atomic E-state index is 12.1. The molecule has 0 atom stereocenters. The molecule has 0 radical (unpaired) electrons. The van der Waals surface area contributed by atoms with E-state index in [1.165, 1.54) is 0 Å². The Balaban J connectivity index is 2.17. The Morgan fingerprint density at radius 3 is 2.83 bits per heavy atom. The minimum atomic E-state index is 0.0146. The quantitative estimate of drug-likeness (QED) is 0.761. The zero-order valence-electron chi connectivity index (χ0n) is 10.7. The summed E-state index contributed by atoms with van der Waals surface area (Å²) in [5, 5.41) is 0. The van der Waals surface area contributed by atoms with Crippen LogP contribution < -0.4 is 5.56 Å². The Hall–Kier alpha value is -1.62. The molecule has 2 aromatic rings. The summed E-state index contributed by atoms with van der Waals surface area (Å²) in [6.07, 6.45) is 5.64. The van der Waals surface area contributed by atoms with Crippen LogP contribution in [0.25, 0.3) is 5.52 Å².